The van der Waals surface area contributed by atoms with Crippen LogP contribution >= 0.6 is 15.2 Å². The average Bonchev–Trinajstić information content (AvgIpc) is 2.19. The van der Waals surface area contributed by atoms with E-state index in [0.29, 0.717) is 0 Å². The molecule has 0 aromatic heterocycles. The molecule has 0 unspecified atom stereocenters. The molecule has 0 nitrogen and oxygen atoms in total. The first kappa shape index (κ1) is 14.6. The molecule has 0 fully saturated rings. The first-order valence-electron chi connectivity index (χ1n) is 5.81. The third kappa shape index (κ3) is 4.41. The predicted molar refractivity (Wildman–Crippen MR) is 75.7 cm³/mol. The van der Waals surface area contributed by atoms with Gasteiger partial charge in [-0.15, -0.1) is 0 Å². The molecule has 0 N–H and O–H groups in total. The number of hydrogen-bond donors (Lipinski definition) is 0. The Morgan fingerprint density at radius 3 is 1.79 bits per heavy atom. The van der Waals surface area contributed by atoms with E-state index in [4.69, 9.17) is 0 Å². The van der Waals surface area contributed by atoms with Crippen molar-refractivity contribution in [2.45, 2.75) is 34.6 Å². The molecule has 0 amide bonds. The summed E-state index contributed by atoms with van der Waals surface area (Å²) in [7, 11) is -0.518. The van der Waals surface area contributed by atoms with Crippen molar-refractivity contribution >= 4 is 15.2 Å². The third-order valence-corrected chi connectivity index (χ3v) is 9.96. The maximum Gasteiger partial charge on any atom is 0.0618 e. The van der Waals surface area contributed by atoms with Gasteiger partial charge in [0.2, 0.25) is 0 Å². The zero-order chi connectivity index (χ0) is 11.2. The first-order chi connectivity index (χ1) is 6.52. The minimum absolute atomic E-state index is 0.196. The van der Waals surface area contributed by atoms with Crippen LogP contribution in [0.1, 0.15) is 34.6 Å². The molecular formula is C12H27P2+. The summed E-state index contributed by atoms with van der Waals surface area (Å²) in [5, 5.41) is 1.71. The van der Waals surface area contributed by atoms with E-state index < -0.39 is 7.26 Å². The van der Waals surface area contributed by atoms with Crippen LogP contribution in [0.4, 0.5) is 0 Å². The lowest BCUT2D eigenvalue weighted by molar-refractivity contribution is 1.37. The van der Waals surface area contributed by atoms with Crippen molar-refractivity contribution in [2.75, 3.05) is 31.3 Å². The van der Waals surface area contributed by atoms with Gasteiger partial charge in [-0.1, -0.05) is 21.8 Å². The van der Waals surface area contributed by atoms with Crippen LogP contribution in [0, 0.1) is 0 Å². The second-order valence-corrected chi connectivity index (χ2v) is 11.6. The summed E-state index contributed by atoms with van der Waals surface area (Å²) in [6.07, 6.45) is 5.47. The van der Waals surface area contributed by atoms with Gasteiger partial charge >= 0.3 is 0 Å². The average molecular weight is 233 g/mol. The molecule has 0 rings (SSSR count). The standard InChI is InChI=1S/C12H27P2/c1-7-13(8-2)12(5)11-14(6,9-3)10-4/h11H,7-10H2,1-6H3/q+1. The molecule has 0 aromatic carbocycles. The van der Waals surface area contributed by atoms with E-state index in [1.807, 2.05) is 0 Å². The molecule has 0 bridgehead atoms. The van der Waals surface area contributed by atoms with Crippen molar-refractivity contribution in [1.82, 2.24) is 0 Å². The summed E-state index contributed by atoms with van der Waals surface area (Å²) in [5.41, 5.74) is 0. The van der Waals surface area contributed by atoms with Gasteiger partial charge in [-0.05, 0) is 38.4 Å². The van der Waals surface area contributed by atoms with Crippen molar-refractivity contribution < 1.29 is 0 Å². The van der Waals surface area contributed by atoms with Crippen LogP contribution in [0.3, 0.4) is 0 Å². The van der Waals surface area contributed by atoms with Crippen molar-refractivity contribution in [3.8, 4) is 0 Å². The summed E-state index contributed by atoms with van der Waals surface area (Å²) >= 11 is 0. The second-order valence-electron chi connectivity index (χ2n) is 4.05. The molecular weight excluding hydrogens is 206 g/mol. The fraction of sp³-hybridized carbons (Fsp3) is 0.833. The lowest BCUT2D eigenvalue weighted by atomic mass is 10.7. The van der Waals surface area contributed by atoms with Crippen molar-refractivity contribution in [3.63, 3.8) is 0 Å². The highest BCUT2D eigenvalue weighted by atomic mass is 31.2. The van der Waals surface area contributed by atoms with Crippen LogP contribution in [0.5, 0.6) is 0 Å². The molecule has 0 aliphatic carbocycles. The van der Waals surface area contributed by atoms with Gasteiger partial charge in [-0.3, -0.25) is 0 Å². The minimum atomic E-state index is -0.713. The molecule has 0 radical (unpaired) electrons. The fourth-order valence-electron chi connectivity index (χ4n) is 1.66. The van der Waals surface area contributed by atoms with E-state index in [9.17, 15) is 0 Å². The Hall–Kier alpha value is 0.600. The molecule has 0 saturated heterocycles. The number of allylic oxidation sites excluding steroid dienone is 1. The predicted octanol–water partition coefficient (Wildman–Crippen LogP) is 5.06. The van der Waals surface area contributed by atoms with Crippen LogP contribution in [0.2, 0.25) is 0 Å². The largest absolute Gasteiger partial charge is 0.0770 e. The monoisotopic (exact) mass is 233 g/mol. The minimum Gasteiger partial charge on any atom is -0.0770 e. The Kier molecular flexibility index (Phi) is 7.27. The summed E-state index contributed by atoms with van der Waals surface area (Å²) in [6.45, 7) is 14.2. The zero-order valence-electron chi connectivity index (χ0n) is 10.8. The molecule has 0 saturated carbocycles. The molecule has 84 valence electrons. The zero-order valence-corrected chi connectivity index (χ0v) is 12.6. The van der Waals surface area contributed by atoms with Crippen molar-refractivity contribution in [3.05, 3.63) is 11.1 Å². The van der Waals surface area contributed by atoms with Gasteiger partial charge in [0.25, 0.3) is 0 Å². The van der Waals surface area contributed by atoms with Gasteiger partial charge in [0.1, 0.15) is 0 Å². The Morgan fingerprint density at radius 2 is 1.50 bits per heavy atom. The highest BCUT2D eigenvalue weighted by Gasteiger charge is 2.25. The molecule has 14 heavy (non-hydrogen) atoms. The third-order valence-electron chi connectivity index (χ3n) is 3.21. The maximum absolute atomic E-state index is 2.66. The van der Waals surface area contributed by atoms with E-state index in [2.05, 4.69) is 47.1 Å². The topological polar surface area (TPSA) is 0 Å². The summed E-state index contributed by atoms with van der Waals surface area (Å²) in [4.78, 5) is 0. The SMILES string of the molecule is CCP(CC)C(C)=C[P+](C)(CC)CC. The maximum atomic E-state index is 2.66. The van der Waals surface area contributed by atoms with Gasteiger partial charge in [0.05, 0.1) is 24.8 Å². The second kappa shape index (κ2) is 6.97. The number of rotatable bonds is 6. The van der Waals surface area contributed by atoms with E-state index in [-0.39, 0.29) is 7.92 Å². The van der Waals surface area contributed by atoms with Crippen LogP contribution in [0.15, 0.2) is 11.1 Å². The van der Waals surface area contributed by atoms with E-state index in [1.54, 1.807) is 5.31 Å². The van der Waals surface area contributed by atoms with E-state index in [0.717, 1.165) is 0 Å². The molecule has 0 aliphatic rings. The van der Waals surface area contributed by atoms with Gasteiger partial charge < -0.3 is 0 Å². The number of hydrogen-bond acceptors (Lipinski definition) is 0. The highest BCUT2D eigenvalue weighted by molar-refractivity contribution is 7.78. The van der Waals surface area contributed by atoms with Gasteiger partial charge in [-0.2, -0.15) is 0 Å². The normalized spacial score (nSPS) is 13.8. The van der Waals surface area contributed by atoms with Crippen molar-refractivity contribution in [1.29, 1.82) is 0 Å². The lowest BCUT2D eigenvalue weighted by Gasteiger charge is -2.19. The van der Waals surface area contributed by atoms with Gasteiger partial charge in [0.15, 0.2) is 0 Å². The fourth-order valence-corrected chi connectivity index (χ4v) is 6.31. The van der Waals surface area contributed by atoms with E-state index >= 15 is 0 Å². The molecule has 0 aliphatic heterocycles. The van der Waals surface area contributed by atoms with Crippen LogP contribution in [0.25, 0.3) is 0 Å². The van der Waals surface area contributed by atoms with Crippen LogP contribution in [-0.2, 0) is 0 Å². The Labute approximate surface area is 92.6 Å². The molecule has 0 atom stereocenters. The molecule has 0 aromatic rings. The van der Waals surface area contributed by atoms with Crippen LogP contribution < -0.4 is 0 Å². The van der Waals surface area contributed by atoms with Gasteiger partial charge in [-0.25, -0.2) is 0 Å². The van der Waals surface area contributed by atoms with Crippen LogP contribution in [-0.4, -0.2) is 31.3 Å². The smallest absolute Gasteiger partial charge is 0.0618 e. The quantitative estimate of drug-likeness (QED) is 0.563. The Bertz CT molecular complexity index is 177. The van der Waals surface area contributed by atoms with Crippen molar-refractivity contribution in [2.24, 2.45) is 0 Å². The first-order valence-corrected chi connectivity index (χ1v) is 10.2. The molecule has 2 heteroatoms. The Morgan fingerprint density at radius 1 is 1.07 bits per heavy atom. The van der Waals surface area contributed by atoms with E-state index in [1.165, 1.54) is 24.6 Å². The summed E-state index contributed by atoms with van der Waals surface area (Å²) in [6, 6.07) is 0. The highest BCUT2D eigenvalue weighted by Crippen LogP contribution is 2.60. The summed E-state index contributed by atoms with van der Waals surface area (Å²) < 4.78 is 0. The van der Waals surface area contributed by atoms with Gasteiger partial charge in [0, 0.05) is 7.26 Å². The molecule has 0 spiro atoms. The Balaban J connectivity index is 4.61. The molecule has 0 heterocycles. The lowest BCUT2D eigenvalue weighted by Crippen LogP contribution is -1.95. The summed E-state index contributed by atoms with van der Waals surface area (Å²) in [5.74, 6) is 2.66.